The number of nitrogens with one attached hydrogen (secondary N) is 4. The second-order valence-electron chi connectivity index (χ2n) is 11.4. The number of methoxy groups -OCH3 is 1. The molecular formula is C29H40N4O7. The Bertz CT molecular complexity index is 1110. The van der Waals surface area contributed by atoms with Crippen molar-refractivity contribution in [1.82, 2.24) is 21.3 Å². The highest BCUT2D eigenvalue weighted by molar-refractivity contribution is 5.98. The fourth-order valence-electron chi connectivity index (χ4n) is 5.39. The Balaban J connectivity index is 1.46. The van der Waals surface area contributed by atoms with Crippen LogP contribution in [0.2, 0.25) is 0 Å². The number of benzene rings is 1. The molecule has 1 aromatic carbocycles. The van der Waals surface area contributed by atoms with E-state index in [0.717, 1.165) is 31.2 Å². The minimum Gasteiger partial charge on any atom is -0.497 e. The van der Waals surface area contributed by atoms with Crippen LogP contribution in [0.5, 0.6) is 5.75 Å². The van der Waals surface area contributed by atoms with Gasteiger partial charge in [-0.15, -0.1) is 0 Å². The summed E-state index contributed by atoms with van der Waals surface area (Å²) in [6, 6.07) is 4.49. The van der Waals surface area contributed by atoms with E-state index in [0.29, 0.717) is 24.7 Å². The van der Waals surface area contributed by atoms with Gasteiger partial charge in [-0.25, -0.2) is 0 Å². The van der Waals surface area contributed by atoms with E-state index < -0.39 is 47.4 Å². The number of ether oxygens (including phenoxy) is 2. The molecule has 0 aromatic heterocycles. The summed E-state index contributed by atoms with van der Waals surface area (Å²) in [6.07, 6.45) is 5.03. The lowest BCUT2D eigenvalue weighted by atomic mass is 9.90. The molecule has 4 N–H and O–H groups in total. The van der Waals surface area contributed by atoms with Gasteiger partial charge >= 0.3 is 0 Å². The van der Waals surface area contributed by atoms with Gasteiger partial charge in [0, 0.05) is 19.4 Å². The molecule has 0 unspecified atom stereocenters. The van der Waals surface area contributed by atoms with E-state index in [-0.39, 0.29) is 31.1 Å². The summed E-state index contributed by atoms with van der Waals surface area (Å²) in [7, 11) is 1.56. The van der Waals surface area contributed by atoms with Crippen molar-refractivity contribution >= 4 is 29.4 Å². The zero-order valence-electron chi connectivity index (χ0n) is 23.4. The van der Waals surface area contributed by atoms with Gasteiger partial charge in [0.05, 0.1) is 25.7 Å². The van der Waals surface area contributed by atoms with E-state index in [1.807, 2.05) is 0 Å². The molecule has 218 valence electrons. The second kappa shape index (κ2) is 12.8. The van der Waals surface area contributed by atoms with E-state index in [2.05, 4.69) is 21.3 Å². The van der Waals surface area contributed by atoms with E-state index in [1.165, 1.54) is 6.92 Å². The number of epoxide rings is 1. The number of ketones is 1. The average Bonchev–Trinajstić information content (AvgIpc) is 3.28. The Labute approximate surface area is 234 Å². The molecule has 3 aliphatic rings. The molecule has 2 heterocycles. The number of carbonyl (C=O) groups excluding carboxylic acids is 5. The monoisotopic (exact) mass is 556 g/mol. The first-order chi connectivity index (χ1) is 19.1. The van der Waals surface area contributed by atoms with Gasteiger partial charge < -0.3 is 30.7 Å². The Morgan fingerprint density at radius 3 is 2.27 bits per heavy atom. The summed E-state index contributed by atoms with van der Waals surface area (Å²) in [5.74, 6) is -1.33. The van der Waals surface area contributed by atoms with Crippen LogP contribution >= 0.6 is 0 Å². The van der Waals surface area contributed by atoms with Crippen molar-refractivity contribution in [3.8, 4) is 5.75 Å². The summed E-state index contributed by atoms with van der Waals surface area (Å²) in [6.45, 7) is 3.81. The normalized spacial score (nSPS) is 24.4. The number of hydrogen-bond acceptors (Lipinski definition) is 7. The van der Waals surface area contributed by atoms with E-state index in [4.69, 9.17) is 9.47 Å². The molecule has 1 aromatic rings. The zero-order valence-corrected chi connectivity index (χ0v) is 23.4. The highest BCUT2D eigenvalue weighted by Gasteiger charge is 2.50. The first-order valence-corrected chi connectivity index (χ1v) is 14.1. The van der Waals surface area contributed by atoms with Crippen LogP contribution in [-0.2, 0) is 35.1 Å². The van der Waals surface area contributed by atoms with Crippen LogP contribution in [0.4, 0.5) is 0 Å². The number of rotatable bonds is 13. The van der Waals surface area contributed by atoms with Crippen molar-refractivity contribution in [2.45, 2.75) is 82.5 Å². The van der Waals surface area contributed by atoms with Crippen LogP contribution in [0.25, 0.3) is 0 Å². The van der Waals surface area contributed by atoms with Gasteiger partial charge in [0.15, 0.2) is 5.78 Å². The van der Waals surface area contributed by atoms with Gasteiger partial charge in [-0.1, -0.05) is 37.8 Å². The maximum atomic E-state index is 13.7. The van der Waals surface area contributed by atoms with Gasteiger partial charge in [-0.2, -0.15) is 0 Å². The lowest BCUT2D eigenvalue weighted by Crippen LogP contribution is -2.57. The summed E-state index contributed by atoms with van der Waals surface area (Å²) in [4.78, 5) is 64.1. The largest absolute Gasteiger partial charge is 0.497 e. The SMILES string of the molecule is COc1ccc(C[C@H](NC(=O)[C@@H](C)NC(=O)[C@@H]2CNC(=O)C2)C(=O)N[C@@H](CC2CCCC2)C(=O)[C@@]2(C)CO2)cc1. The Morgan fingerprint density at radius 2 is 1.70 bits per heavy atom. The summed E-state index contributed by atoms with van der Waals surface area (Å²) < 4.78 is 10.6. The molecule has 4 rings (SSSR count). The van der Waals surface area contributed by atoms with Crippen LogP contribution < -0.4 is 26.0 Å². The van der Waals surface area contributed by atoms with Gasteiger partial charge in [-0.05, 0) is 43.9 Å². The number of amides is 4. The molecule has 0 bridgehead atoms. The van der Waals surface area contributed by atoms with Crippen LogP contribution in [0.3, 0.4) is 0 Å². The van der Waals surface area contributed by atoms with Crippen molar-refractivity contribution in [3.63, 3.8) is 0 Å². The molecule has 1 saturated carbocycles. The standard InChI is InChI=1S/C29H40N4O7/c1-17(31-27(37)20-14-24(34)30-15-20)26(36)33-23(13-19-8-10-21(39-3)11-9-19)28(38)32-22(12-18-6-4-5-7-18)25(35)29(2)16-40-29/h8-11,17-18,20,22-23H,4-7,12-16H2,1-3H3,(H,30,34)(H,31,37)(H,32,38)(H,33,36)/t17-,20+,22+,23+,29-/m1/s1. The van der Waals surface area contributed by atoms with Crippen molar-refractivity contribution in [2.24, 2.45) is 11.8 Å². The van der Waals surface area contributed by atoms with Crippen molar-refractivity contribution < 1.29 is 33.4 Å². The van der Waals surface area contributed by atoms with E-state index >= 15 is 0 Å². The number of Topliss-reactive ketones (excluding diaryl/α,β-unsaturated/α-hetero) is 1. The van der Waals surface area contributed by atoms with Gasteiger partial charge in [0.2, 0.25) is 23.6 Å². The maximum Gasteiger partial charge on any atom is 0.243 e. The first kappa shape index (κ1) is 29.5. The van der Waals surface area contributed by atoms with Crippen molar-refractivity contribution in [1.29, 1.82) is 0 Å². The summed E-state index contributed by atoms with van der Waals surface area (Å²) in [5, 5.41) is 10.9. The van der Waals surface area contributed by atoms with E-state index in [1.54, 1.807) is 38.3 Å². The third-order valence-corrected chi connectivity index (χ3v) is 8.11. The van der Waals surface area contributed by atoms with Crippen LogP contribution in [0.15, 0.2) is 24.3 Å². The third kappa shape index (κ3) is 7.59. The van der Waals surface area contributed by atoms with Gasteiger partial charge in [0.25, 0.3) is 0 Å². The molecule has 2 saturated heterocycles. The zero-order chi connectivity index (χ0) is 28.9. The lowest BCUT2D eigenvalue weighted by molar-refractivity contribution is -0.134. The molecule has 3 fully saturated rings. The molecule has 11 nitrogen and oxygen atoms in total. The Morgan fingerprint density at radius 1 is 1.05 bits per heavy atom. The fourth-order valence-corrected chi connectivity index (χ4v) is 5.39. The van der Waals surface area contributed by atoms with Crippen LogP contribution in [-0.4, -0.2) is 73.4 Å². The molecule has 5 atom stereocenters. The maximum absolute atomic E-state index is 13.7. The van der Waals surface area contributed by atoms with Gasteiger partial charge in [-0.3, -0.25) is 24.0 Å². The van der Waals surface area contributed by atoms with Crippen LogP contribution in [0.1, 0.15) is 57.9 Å². The molecule has 4 amide bonds. The van der Waals surface area contributed by atoms with Crippen molar-refractivity contribution in [3.05, 3.63) is 29.8 Å². The minimum absolute atomic E-state index is 0.0711. The fraction of sp³-hybridized carbons (Fsp3) is 0.621. The lowest BCUT2D eigenvalue weighted by Gasteiger charge is -2.26. The predicted octanol–water partition coefficient (Wildman–Crippen LogP) is 0.786. The average molecular weight is 557 g/mol. The second-order valence-corrected chi connectivity index (χ2v) is 11.4. The molecule has 11 heteroatoms. The quantitative estimate of drug-likeness (QED) is 0.262. The molecular weight excluding hydrogens is 516 g/mol. The Kier molecular flexibility index (Phi) is 9.44. The molecule has 0 spiro atoms. The molecule has 1 aliphatic carbocycles. The Hall–Kier alpha value is -3.47. The first-order valence-electron chi connectivity index (χ1n) is 14.1. The summed E-state index contributed by atoms with van der Waals surface area (Å²) in [5.41, 5.74) is -0.106. The third-order valence-electron chi connectivity index (χ3n) is 8.11. The molecule has 2 aliphatic heterocycles. The number of carbonyl (C=O) groups is 5. The highest BCUT2D eigenvalue weighted by Crippen LogP contribution is 2.33. The molecule has 0 radical (unpaired) electrons. The highest BCUT2D eigenvalue weighted by atomic mass is 16.6. The number of hydrogen-bond donors (Lipinski definition) is 4. The molecule has 40 heavy (non-hydrogen) atoms. The van der Waals surface area contributed by atoms with Gasteiger partial charge in [0.1, 0.15) is 23.4 Å². The van der Waals surface area contributed by atoms with Crippen molar-refractivity contribution in [2.75, 3.05) is 20.3 Å². The topological polar surface area (TPSA) is 155 Å². The van der Waals surface area contributed by atoms with Crippen LogP contribution in [0, 0.1) is 11.8 Å². The predicted molar refractivity (Wildman–Crippen MR) is 145 cm³/mol. The smallest absolute Gasteiger partial charge is 0.243 e. The van der Waals surface area contributed by atoms with E-state index in [9.17, 15) is 24.0 Å². The summed E-state index contributed by atoms with van der Waals surface area (Å²) >= 11 is 0. The minimum atomic E-state index is -0.998.